The van der Waals surface area contributed by atoms with Crippen LogP contribution >= 0.6 is 0 Å². The Balaban J connectivity index is 1.83. The Kier molecular flexibility index (Phi) is 4.74. The van der Waals surface area contributed by atoms with Crippen molar-refractivity contribution in [2.75, 3.05) is 6.54 Å². The predicted molar refractivity (Wildman–Crippen MR) is 104 cm³/mol. The van der Waals surface area contributed by atoms with Crippen LogP contribution in [0, 0.1) is 17.3 Å². The van der Waals surface area contributed by atoms with E-state index in [1.54, 1.807) is 11.0 Å². The summed E-state index contributed by atoms with van der Waals surface area (Å²) in [4.78, 5) is 34.5. The van der Waals surface area contributed by atoms with E-state index in [1.807, 2.05) is 25.1 Å². The van der Waals surface area contributed by atoms with E-state index in [0.717, 1.165) is 0 Å². The van der Waals surface area contributed by atoms with Gasteiger partial charge in [-0.05, 0) is 44.2 Å². The minimum Gasteiger partial charge on any atom is -0.335 e. The number of carbonyl (C=O) groups is 1. The van der Waals surface area contributed by atoms with Crippen molar-refractivity contribution in [2.24, 2.45) is 17.3 Å². The lowest BCUT2D eigenvalue weighted by Crippen LogP contribution is -2.34. The molecule has 5 nitrogen and oxygen atoms in total. The number of benzene rings is 1. The van der Waals surface area contributed by atoms with Crippen molar-refractivity contribution in [1.82, 2.24) is 14.9 Å². The molecule has 1 fully saturated rings. The molecule has 1 aliphatic rings. The summed E-state index contributed by atoms with van der Waals surface area (Å²) in [6.07, 6.45) is 2.20. The van der Waals surface area contributed by atoms with Gasteiger partial charge in [-0.1, -0.05) is 37.6 Å². The van der Waals surface area contributed by atoms with Gasteiger partial charge in [-0.2, -0.15) is 0 Å². The van der Waals surface area contributed by atoms with Crippen molar-refractivity contribution in [2.45, 2.75) is 41.2 Å². The van der Waals surface area contributed by atoms with E-state index in [9.17, 15) is 9.59 Å². The molecule has 1 saturated carbocycles. The topological polar surface area (TPSA) is 66.1 Å². The van der Waals surface area contributed by atoms with E-state index >= 15 is 0 Å². The summed E-state index contributed by atoms with van der Waals surface area (Å²) in [5.41, 5.74) is 1.71. The first-order valence-electron chi connectivity index (χ1n) is 9.17. The van der Waals surface area contributed by atoms with Gasteiger partial charge in [0.25, 0.3) is 5.56 Å². The number of H-pyrrole nitrogens is 1. The molecule has 0 bridgehead atoms. The molecule has 3 rings (SSSR count). The molecular formula is C21H27N3O2. The minimum absolute atomic E-state index is 0.00970. The second kappa shape index (κ2) is 6.71. The average Bonchev–Trinajstić information content (AvgIpc) is 3.11. The summed E-state index contributed by atoms with van der Waals surface area (Å²) < 4.78 is 0. The molecule has 1 aromatic carbocycles. The predicted octanol–water partition coefficient (Wildman–Crippen LogP) is 3.51. The maximum Gasteiger partial charge on any atom is 0.258 e. The molecule has 138 valence electrons. The first kappa shape index (κ1) is 18.4. The third-order valence-electron chi connectivity index (χ3n) is 5.39. The van der Waals surface area contributed by atoms with Crippen LogP contribution in [0.15, 0.2) is 40.7 Å². The lowest BCUT2D eigenvalue weighted by Gasteiger charge is -2.21. The van der Waals surface area contributed by atoms with Gasteiger partial charge in [0.2, 0.25) is 5.91 Å². The van der Waals surface area contributed by atoms with E-state index in [1.165, 1.54) is 5.57 Å². The number of nitrogens with zero attached hydrogens (tertiary/aromatic N) is 2. The highest BCUT2D eigenvalue weighted by Crippen LogP contribution is 2.60. The Labute approximate surface area is 154 Å². The number of allylic oxidation sites excluding steroid dienone is 2. The van der Waals surface area contributed by atoms with Crippen LogP contribution in [-0.4, -0.2) is 27.3 Å². The fourth-order valence-electron chi connectivity index (χ4n) is 3.75. The second-order valence-corrected chi connectivity index (χ2v) is 7.95. The number of nitrogens with one attached hydrogen (secondary N) is 1. The molecule has 1 heterocycles. The number of hydrogen-bond acceptors (Lipinski definition) is 3. The molecule has 2 aromatic rings. The Morgan fingerprint density at radius 2 is 2.00 bits per heavy atom. The van der Waals surface area contributed by atoms with Crippen molar-refractivity contribution in [3.05, 3.63) is 52.1 Å². The number of para-hydroxylation sites is 1. The van der Waals surface area contributed by atoms with Gasteiger partial charge in [-0.25, -0.2) is 4.98 Å². The van der Waals surface area contributed by atoms with Crippen molar-refractivity contribution >= 4 is 16.8 Å². The Hall–Kier alpha value is -2.43. The first-order valence-corrected chi connectivity index (χ1v) is 9.17. The molecule has 1 N–H and O–H groups in total. The van der Waals surface area contributed by atoms with Crippen LogP contribution in [-0.2, 0) is 11.3 Å². The Bertz CT molecular complexity index is 922. The van der Waals surface area contributed by atoms with Gasteiger partial charge in [0.1, 0.15) is 5.82 Å². The van der Waals surface area contributed by atoms with Crippen LogP contribution in [0.25, 0.3) is 10.9 Å². The monoisotopic (exact) mass is 353 g/mol. The van der Waals surface area contributed by atoms with Crippen LogP contribution in [0.3, 0.4) is 0 Å². The third kappa shape index (κ3) is 3.30. The van der Waals surface area contributed by atoms with E-state index in [-0.39, 0.29) is 28.7 Å². The maximum atomic E-state index is 13.1. The lowest BCUT2D eigenvalue weighted by molar-refractivity contribution is -0.134. The molecule has 0 saturated heterocycles. The number of amides is 1. The number of aromatic amines is 1. The van der Waals surface area contributed by atoms with Crippen LogP contribution < -0.4 is 5.56 Å². The number of aromatic nitrogens is 2. The largest absolute Gasteiger partial charge is 0.335 e. The molecule has 1 aromatic heterocycles. The molecule has 0 aliphatic heterocycles. The number of rotatable bonds is 5. The van der Waals surface area contributed by atoms with Crippen LogP contribution in [0.4, 0.5) is 0 Å². The van der Waals surface area contributed by atoms with Crippen molar-refractivity contribution in [3.8, 4) is 0 Å². The van der Waals surface area contributed by atoms with Gasteiger partial charge in [0.15, 0.2) is 0 Å². The van der Waals surface area contributed by atoms with Crippen molar-refractivity contribution in [3.63, 3.8) is 0 Å². The SMILES string of the molecule is CCN(Cc1nc2ccccc2c(=O)[nH]1)C(=O)[C@H]1[C@@H](C=C(C)C)C1(C)C. The molecule has 0 radical (unpaired) electrons. The number of carbonyl (C=O) groups excluding carboxylic acids is 1. The highest BCUT2D eigenvalue weighted by Gasteiger charge is 2.61. The number of hydrogen-bond donors (Lipinski definition) is 1. The zero-order chi connectivity index (χ0) is 19.1. The Morgan fingerprint density at radius 3 is 2.65 bits per heavy atom. The lowest BCUT2D eigenvalue weighted by atomic mass is 10.1. The normalized spacial score (nSPS) is 20.7. The summed E-state index contributed by atoms with van der Waals surface area (Å²) >= 11 is 0. The third-order valence-corrected chi connectivity index (χ3v) is 5.39. The summed E-state index contributed by atoms with van der Waals surface area (Å²) in [5.74, 6) is 0.930. The van der Waals surface area contributed by atoms with E-state index in [0.29, 0.717) is 29.8 Å². The van der Waals surface area contributed by atoms with Crippen molar-refractivity contribution < 1.29 is 4.79 Å². The first-order chi connectivity index (χ1) is 12.3. The fourth-order valence-corrected chi connectivity index (χ4v) is 3.75. The van der Waals surface area contributed by atoms with Gasteiger partial charge in [0.05, 0.1) is 23.4 Å². The highest BCUT2D eigenvalue weighted by atomic mass is 16.2. The quantitative estimate of drug-likeness (QED) is 0.837. The molecule has 2 atom stereocenters. The molecule has 0 unspecified atom stereocenters. The summed E-state index contributed by atoms with van der Waals surface area (Å²) in [6.45, 7) is 11.3. The van der Waals surface area contributed by atoms with E-state index in [2.05, 4.69) is 43.7 Å². The summed E-state index contributed by atoms with van der Waals surface area (Å²) in [5, 5.41) is 0.567. The van der Waals surface area contributed by atoms with E-state index < -0.39 is 0 Å². The molecule has 26 heavy (non-hydrogen) atoms. The van der Waals surface area contributed by atoms with Gasteiger partial charge >= 0.3 is 0 Å². The Morgan fingerprint density at radius 1 is 1.31 bits per heavy atom. The summed E-state index contributed by atoms with van der Waals surface area (Å²) in [6, 6.07) is 7.25. The number of fused-ring (bicyclic) bond motifs is 1. The zero-order valence-corrected chi connectivity index (χ0v) is 16.2. The van der Waals surface area contributed by atoms with Crippen molar-refractivity contribution in [1.29, 1.82) is 0 Å². The standard InChI is InChI=1S/C21H27N3O2/c1-6-24(20(26)18-15(11-13(2)3)21(18,4)5)12-17-22-16-10-8-7-9-14(16)19(25)23-17/h7-11,15,18H,6,12H2,1-5H3,(H,22,23,25)/t15-,18-/m1/s1. The molecule has 0 spiro atoms. The van der Waals surface area contributed by atoms with E-state index in [4.69, 9.17) is 0 Å². The zero-order valence-electron chi connectivity index (χ0n) is 16.2. The average molecular weight is 353 g/mol. The van der Waals surface area contributed by atoms with Gasteiger partial charge < -0.3 is 9.88 Å². The van der Waals surface area contributed by atoms with Gasteiger partial charge in [0, 0.05) is 6.54 Å². The van der Waals surface area contributed by atoms with Crippen LogP contribution in [0.1, 0.15) is 40.4 Å². The smallest absolute Gasteiger partial charge is 0.258 e. The van der Waals surface area contributed by atoms with Gasteiger partial charge in [-0.3, -0.25) is 9.59 Å². The van der Waals surface area contributed by atoms with Crippen LogP contribution in [0.2, 0.25) is 0 Å². The highest BCUT2D eigenvalue weighted by molar-refractivity contribution is 5.84. The minimum atomic E-state index is -0.164. The van der Waals surface area contributed by atoms with Crippen LogP contribution in [0.5, 0.6) is 0 Å². The molecule has 1 aliphatic carbocycles. The second-order valence-electron chi connectivity index (χ2n) is 7.95. The summed E-state index contributed by atoms with van der Waals surface area (Å²) in [7, 11) is 0. The van der Waals surface area contributed by atoms with Gasteiger partial charge in [-0.15, -0.1) is 0 Å². The molecule has 5 heteroatoms. The molecular weight excluding hydrogens is 326 g/mol. The molecule has 1 amide bonds. The fraction of sp³-hybridized carbons (Fsp3) is 0.476. The maximum absolute atomic E-state index is 13.1.